The van der Waals surface area contributed by atoms with E-state index in [2.05, 4.69) is 30.8 Å². The molecule has 2 saturated heterocycles. The van der Waals surface area contributed by atoms with E-state index in [1.54, 1.807) is 6.33 Å². The molecule has 1 atom stereocenters. The zero-order valence-electron chi connectivity index (χ0n) is 14.5. The van der Waals surface area contributed by atoms with Crippen LogP contribution in [0.1, 0.15) is 18.4 Å². The Hall–Kier alpha value is -2.05. The van der Waals surface area contributed by atoms with Gasteiger partial charge in [0.05, 0.1) is 31.3 Å². The lowest BCUT2D eigenvalue weighted by molar-refractivity contribution is 0.0106. The van der Waals surface area contributed by atoms with E-state index in [9.17, 15) is 0 Å². The quantitative estimate of drug-likeness (QED) is 0.852. The van der Waals surface area contributed by atoms with Crippen LogP contribution >= 0.6 is 0 Å². The molecule has 1 spiro atoms. The molecule has 2 aromatic rings. The smallest absolute Gasteiger partial charge is 0.115 e. The van der Waals surface area contributed by atoms with Gasteiger partial charge >= 0.3 is 0 Å². The summed E-state index contributed by atoms with van der Waals surface area (Å²) in [5.41, 5.74) is 2.55. The van der Waals surface area contributed by atoms with E-state index in [0.717, 1.165) is 51.6 Å². The zero-order valence-corrected chi connectivity index (χ0v) is 14.5. The van der Waals surface area contributed by atoms with Gasteiger partial charge in [0.25, 0.3) is 0 Å². The summed E-state index contributed by atoms with van der Waals surface area (Å²) < 4.78 is 6.02. The van der Waals surface area contributed by atoms with Crippen LogP contribution in [0.3, 0.4) is 0 Å². The van der Waals surface area contributed by atoms with Gasteiger partial charge in [-0.25, -0.2) is 9.97 Å². The van der Waals surface area contributed by atoms with Crippen molar-refractivity contribution in [3.05, 3.63) is 48.8 Å². The van der Waals surface area contributed by atoms with E-state index in [0.29, 0.717) is 0 Å². The molecule has 1 unspecified atom stereocenters. The third-order valence-electron chi connectivity index (χ3n) is 5.22. The Morgan fingerprint density at radius 1 is 1.08 bits per heavy atom. The fraction of sp³-hybridized carbons (Fsp3) is 0.526. The first-order valence-corrected chi connectivity index (χ1v) is 9.02. The van der Waals surface area contributed by atoms with Gasteiger partial charge in [0.15, 0.2) is 0 Å². The molecule has 0 saturated carbocycles. The predicted molar refractivity (Wildman–Crippen MR) is 96.2 cm³/mol. The average molecular weight is 339 g/mol. The highest BCUT2D eigenvalue weighted by Gasteiger charge is 2.39. The van der Waals surface area contributed by atoms with Crippen molar-refractivity contribution in [1.82, 2.24) is 19.9 Å². The van der Waals surface area contributed by atoms with Crippen molar-refractivity contribution in [2.75, 3.05) is 44.3 Å². The number of hydrogen-bond donors (Lipinski definition) is 0. The number of pyridine rings is 1. The van der Waals surface area contributed by atoms with Crippen molar-refractivity contribution >= 4 is 5.69 Å². The topological polar surface area (TPSA) is 54.4 Å². The maximum absolute atomic E-state index is 6.02. The normalized spacial score (nSPS) is 25.0. The lowest BCUT2D eigenvalue weighted by Crippen LogP contribution is -2.50. The molecule has 132 valence electrons. The highest BCUT2D eigenvalue weighted by molar-refractivity contribution is 5.42. The number of piperidine rings is 1. The third-order valence-corrected chi connectivity index (χ3v) is 5.22. The third kappa shape index (κ3) is 3.96. The molecule has 4 rings (SSSR count). The summed E-state index contributed by atoms with van der Waals surface area (Å²) in [4.78, 5) is 17.6. The molecule has 25 heavy (non-hydrogen) atoms. The van der Waals surface area contributed by atoms with E-state index >= 15 is 0 Å². The number of ether oxygens (including phenoxy) is 1. The lowest BCUT2D eigenvalue weighted by Gasteiger charge is -2.44. The second-order valence-electron chi connectivity index (χ2n) is 7.25. The maximum atomic E-state index is 6.02. The van der Waals surface area contributed by atoms with E-state index in [-0.39, 0.29) is 5.41 Å². The molecule has 2 aliphatic heterocycles. The van der Waals surface area contributed by atoms with Gasteiger partial charge in [-0.1, -0.05) is 6.07 Å². The summed E-state index contributed by atoms with van der Waals surface area (Å²) in [6.07, 6.45) is 11.6. The monoisotopic (exact) mass is 339 g/mol. The predicted octanol–water partition coefficient (Wildman–Crippen LogP) is 1.99. The molecule has 0 bridgehead atoms. The molecule has 0 N–H and O–H groups in total. The van der Waals surface area contributed by atoms with Gasteiger partial charge in [-0.15, -0.1) is 0 Å². The Morgan fingerprint density at radius 3 is 2.84 bits per heavy atom. The van der Waals surface area contributed by atoms with Crippen molar-refractivity contribution in [2.24, 2.45) is 5.41 Å². The average Bonchev–Trinajstić information content (AvgIpc) is 2.86. The zero-order chi connectivity index (χ0) is 17.0. The first kappa shape index (κ1) is 16.4. The molecular weight excluding hydrogens is 314 g/mol. The van der Waals surface area contributed by atoms with Crippen LogP contribution in [0, 0.1) is 5.41 Å². The largest absolute Gasteiger partial charge is 0.379 e. The van der Waals surface area contributed by atoms with E-state index < -0.39 is 0 Å². The number of aromatic nitrogens is 3. The van der Waals surface area contributed by atoms with Gasteiger partial charge < -0.3 is 9.64 Å². The summed E-state index contributed by atoms with van der Waals surface area (Å²) in [5, 5.41) is 0. The van der Waals surface area contributed by atoms with Crippen molar-refractivity contribution in [3.63, 3.8) is 0 Å². The highest BCUT2D eigenvalue weighted by atomic mass is 16.5. The van der Waals surface area contributed by atoms with E-state index in [1.807, 2.05) is 30.9 Å². The SMILES string of the molecule is c1cncc(CN2CCCC3(COCCN(c4cncnc4)C3)C2)c1. The molecule has 0 aliphatic carbocycles. The molecule has 0 aromatic carbocycles. The second kappa shape index (κ2) is 7.45. The van der Waals surface area contributed by atoms with Crippen LogP contribution in [-0.2, 0) is 11.3 Å². The van der Waals surface area contributed by atoms with Crippen molar-refractivity contribution in [2.45, 2.75) is 19.4 Å². The minimum atomic E-state index is 0.173. The molecule has 2 aromatic heterocycles. The summed E-state index contributed by atoms with van der Waals surface area (Å²) in [5.74, 6) is 0. The van der Waals surface area contributed by atoms with Gasteiger partial charge in [0.1, 0.15) is 6.33 Å². The highest BCUT2D eigenvalue weighted by Crippen LogP contribution is 2.34. The summed E-state index contributed by atoms with van der Waals surface area (Å²) in [6.45, 7) is 6.67. The molecule has 6 heteroatoms. The summed E-state index contributed by atoms with van der Waals surface area (Å²) in [7, 11) is 0. The molecule has 2 aliphatic rings. The van der Waals surface area contributed by atoms with Crippen LogP contribution < -0.4 is 4.90 Å². The maximum Gasteiger partial charge on any atom is 0.115 e. The molecule has 2 fully saturated rings. The molecule has 4 heterocycles. The Kier molecular flexibility index (Phi) is 4.90. The van der Waals surface area contributed by atoms with Gasteiger partial charge in [-0.3, -0.25) is 9.88 Å². The van der Waals surface area contributed by atoms with E-state index in [1.165, 1.54) is 18.4 Å². The minimum Gasteiger partial charge on any atom is -0.379 e. The number of nitrogens with zero attached hydrogens (tertiary/aromatic N) is 5. The van der Waals surface area contributed by atoms with E-state index in [4.69, 9.17) is 4.74 Å². The van der Waals surface area contributed by atoms with Crippen LogP contribution in [-0.4, -0.2) is 59.2 Å². The van der Waals surface area contributed by atoms with Crippen LogP contribution in [0.5, 0.6) is 0 Å². The van der Waals surface area contributed by atoms with Crippen molar-refractivity contribution in [1.29, 1.82) is 0 Å². The van der Waals surface area contributed by atoms with Crippen LogP contribution in [0.2, 0.25) is 0 Å². The van der Waals surface area contributed by atoms with Crippen LogP contribution in [0.4, 0.5) is 5.69 Å². The molecule has 6 nitrogen and oxygen atoms in total. The molecular formula is C19H25N5O. The minimum absolute atomic E-state index is 0.173. The Balaban J connectivity index is 1.49. The fourth-order valence-corrected chi connectivity index (χ4v) is 4.11. The molecule has 0 radical (unpaired) electrons. The molecule has 0 amide bonds. The summed E-state index contributed by atoms with van der Waals surface area (Å²) >= 11 is 0. The number of likely N-dealkylation sites (tertiary alicyclic amines) is 1. The summed E-state index contributed by atoms with van der Waals surface area (Å²) in [6, 6.07) is 4.17. The number of hydrogen-bond acceptors (Lipinski definition) is 6. The Morgan fingerprint density at radius 2 is 2.00 bits per heavy atom. The first-order valence-electron chi connectivity index (χ1n) is 9.02. The number of rotatable bonds is 3. The van der Waals surface area contributed by atoms with Crippen LogP contribution in [0.15, 0.2) is 43.2 Å². The van der Waals surface area contributed by atoms with Crippen LogP contribution in [0.25, 0.3) is 0 Å². The van der Waals surface area contributed by atoms with Crippen molar-refractivity contribution < 1.29 is 4.74 Å². The first-order chi connectivity index (χ1) is 12.3. The standard InChI is InChI=1S/C19H25N5O/c1-3-17(9-20-5-1)12-23-6-2-4-19(13-23)14-24(7-8-25-15-19)18-10-21-16-22-11-18/h1,3,5,9-11,16H,2,4,6-8,12-15H2. The Bertz CT molecular complexity index is 668. The van der Waals surface area contributed by atoms with Gasteiger partial charge in [-0.05, 0) is 31.0 Å². The fourth-order valence-electron chi connectivity index (χ4n) is 4.11. The lowest BCUT2D eigenvalue weighted by atomic mass is 9.80. The van der Waals surface area contributed by atoms with Gasteiger partial charge in [-0.2, -0.15) is 0 Å². The van der Waals surface area contributed by atoms with Gasteiger partial charge in [0, 0.05) is 44.0 Å². The Labute approximate surface area is 148 Å². The van der Waals surface area contributed by atoms with Crippen molar-refractivity contribution in [3.8, 4) is 0 Å². The second-order valence-corrected chi connectivity index (χ2v) is 7.25. The van der Waals surface area contributed by atoms with Gasteiger partial charge in [0.2, 0.25) is 0 Å². The number of anilines is 1.